The van der Waals surface area contributed by atoms with Gasteiger partial charge >= 0.3 is 6.03 Å². The Bertz CT molecular complexity index is 764. The monoisotopic (exact) mass is 383 g/mol. The molecule has 3 fully saturated rings. The van der Waals surface area contributed by atoms with E-state index in [1.807, 2.05) is 0 Å². The molecule has 1 aromatic carbocycles. The standard InChI is InChI=1S/C22H29N3O3/c1-15-6-8-16(9-7-15)19(17-10-11-17)23-18(26)5-4-14-25-20(27)22(24-21(25)28)12-2-3-13-22/h6-9,17,19H,2-5,10-14H2,1H3,(H,23,26)(H,24,28). The molecule has 4 amide bonds. The minimum Gasteiger partial charge on any atom is -0.349 e. The van der Waals surface area contributed by atoms with E-state index < -0.39 is 5.54 Å². The van der Waals surface area contributed by atoms with Crippen molar-refractivity contribution in [1.29, 1.82) is 0 Å². The molecule has 6 heteroatoms. The summed E-state index contributed by atoms with van der Waals surface area (Å²) >= 11 is 0. The Balaban J connectivity index is 1.29. The third-order valence-corrected chi connectivity index (χ3v) is 6.33. The van der Waals surface area contributed by atoms with Gasteiger partial charge in [-0.15, -0.1) is 0 Å². The Kier molecular flexibility index (Phi) is 5.13. The summed E-state index contributed by atoms with van der Waals surface area (Å²) in [5.74, 6) is 0.394. The fraction of sp³-hybridized carbons (Fsp3) is 0.591. The van der Waals surface area contributed by atoms with Crippen molar-refractivity contribution in [2.45, 2.75) is 69.9 Å². The van der Waals surface area contributed by atoms with Gasteiger partial charge in [0.15, 0.2) is 0 Å². The number of nitrogens with zero attached hydrogens (tertiary/aromatic N) is 1. The Hall–Kier alpha value is -2.37. The molecule has 0 radical (unpaired) electrons. The summed E-state index contributed by atoms with van der Waals surface area (Å²) in [6, 6.07) is 8.09. The third kappa shape index (κ3) is 3.77. The number of carbonyl (C=O) groups excluding carboxylic acids is 3. The normalized spacial score (nSPS) is 21.8. The number of urea groups is 1. The molecule has 150 valence electrons. The van der Waals surface area contributed by atoms with Crippen molar-refractivity contribution in [3.63, 3.8) is 0 Å². The van der Waals surface area contributed by atoms with Crippen molar-refractivity contribution >= 4 is 17.8 Å². The first kappa shape index (κ1) is 19.0. The van der Waals surface area contributed by atoms with E-state index in [9.17, 15) is 14.4 Å². The molecule has 0 bridgehead atoms. The molecule has 1 unspecified atom stereocenters. The second-order valence-corrected chi connectivity index (χ2v) is 8.57. The lowest BCUT2D eigenvalue weighted by atomic mass is 9.98. The number of carbonyl (C=O) groups is 3. The van der Waals surface area contributed by atoms with Gasteiger partial charge in [-0.25, -0.2) is 4.79 Å². The zero-order valence-corrected chi connectivity index (χ0v) is 16.5. The number of benzene rings is 1. The van der Waals surface area contributed by atoms with Crippen LogP contribution in [0.1, 0.15) is 68.5 Å². The number of hydrogen-bond acceptors (Lipinski definition) is 3. The van der Waals surface area contributed by atoms with Gasteiger partial charge in [-0.05, 0) is 50.5 Å². The van der Waals surface area contributed by atoms with E-state index >= 15 is 0 Å². The molecule has 1 saturated heterocycles. The first-order valence-corrected chi connectivity index (χ1v) is 10.5. The molecule has 28 heavy (non-hydrogen) atoms. The van der Waals surface area contributed by atoms with Gasteiger partial charge in [0.05, 0.1) is 6.04 Å². The zero-order valence-electron chi connectivity index (χ0n) is 16.5. The summed E-state index contributed by atoms with van der Waals surface area (Å²) in [6.07, 6.45) is 6.51. The number of amides is 4. The second kappa shape index (κ2) is 7.57. The summed E-state index contributed by atoms with van der Waals surface area (Å²) in [7, 11) is 0. The highest BCUT2D eigenvalue weighted by Gasteiger charge is 2.52. The van der Waals surface area contributed by atoms with Crippen molar-refractivity contribution in [3.8, 4) is 0 Å². The van der Waals surface area contributed by atoms with Crippen molar-refractivity contribution in [1.82, 2.24) is 15.5 Å². The molecule has 6 nitrogen and oxygen atoms in total. The van der Waals surface area contributed by atoms with E-state index in [4.69, 9.17) is 0 Å². The highest BCUT2D eigenvalue weighted by Crippen LogP contribution is 2.41. The van der Waals surface area contributed by atoms with Gasteiger partial charge in [-0.2, -0.15) is 0 Å². The van der Waals surface area contributed by atoms with Gasteiger partial charge in [-0.1, -0.05) is 42.7 Å². The van der Waals surface area contributed by atoms with E-state index in [0.29, 0.717) is 25.3 Å². The van der Waals surface area contributed by atoms with Gasteiger partial charge in [0.25, 0.3) is 5.91 Å². The summed E-state index contributed by atoms with van der Waals surface area (Å²) < 4.78 is 0. The molecule has 1 atom stereocenters. The second-order valence-electron chi connectivity index (χ2n) is 8.57. The highest BCUT2D eigenvalue weighted by atomic mass is 16.2. The predicted molar refractivity (Wildman–Crippen MR) is 105 cm³/mol. The van der Waals surface area contributed by atoms with Crippen LogP contribution in [0.3, 0.4) is 0 Å². The van der Waals surface area contributed by atoms with E-state index in [1.165, 1.54) is 10.5 Å². The Morgan fingerprint density at radius 2 is 1.89 bits per heavy atom. The fourth-order valence-electron chi connectivity index (χ4n) is 4.52. The summed E-state index contributed by atoms with van der Waals surface area (Å²) in [6.45, 7) is 2.36. The Labute approximate surface area is 166 Å². The molecular weight excluding hydrogens is 354 g/mol. The van der Waals surface area contributed by atoms with E-state index in [2.05, 4.69) is 41.8 Å². The van der Waals surface area contributed by atoms with E-state index in [1.54, 1.807) is 0 Å². The molecule has 0 aromatic heterocycles. The summed E-state index contributed by atoms with van der Waals surface area (Å²) in [4.78, 5) is 38.6. The van der Waals surface area contributed by atoms with Gasteiger partial charge in [0, 0.05) is 13.0 Å². The van der Waals surface area contributed by atoms with Gasteiger partial charge in [0.2, 0.25) is 5.91 Å². The van der Waals surface area contributed by atoms with Crippen LogP contribution in [0, 0.1) is 12.8 Å². The Morgan fingerprint density at radius 1 is 1.21 bits per heavy atom. The molecule has 2 N–H and O–H groups in total. The zero-order chi connectivity index (χ0) is 19.7. The molecule has 1 heterocycles. The van der Waals surface area contributed by atoms with E-state index in [-0.39, 0.29) is 23.9 Å². The molecular formula is C22H29N3O3. The van der Waals surface area contributed by atoms with Crippen molar-refractivity contribution in [3.05, 3.63) is 35.4 Å². The molecule has 1 spiro atoms. The predicted octanol–water partition coefficient (Wildman–Crippen LogP) is 3.21. The number of hydrogen-bond donors (Lipinski definition) is 2. The molecule has 2 aliphatic carbocycles. The lowest BCUT2D eigenvalue weighted by molar-refractivity contribution is -0.131. The molecule has 4 rings (SSSR count). The highest BCUT2D eigenvalue weighted by molar-refractivity contribution is 6.07. The van der Waals surface area contributed by atoms with E-state index in [0.717, 1.165) is 44.1 Å². The number of imide groups is 1. The van der Waals surface area contributed by atoms with Gasteiger partial charge in [-0.3, -0.25) is 14.5 Å². The van der Waals surface area contributed by atoms with Crippen molar-refractivity contribution < 1.29 is 14.4 Å². The van der Waals surface area contributed by atoms with Crippen LogP contribution in [-0.2, 0) is 9.59 Å². The van der Waals surface area contributed by atoms with Crippen molar-refractivity contribution in [2.75, 3.05) is 6.54 Å². The van der Waals surface area contributed by atoms with Crippen LogP contribution in [0.25, 0.3) is 0 Å². The first-order chi connectivity index (χ1) is 13.5. The summed E-state index contributed by atoms with van der Waals surface area (Å²) in [5, 5.41) is 6.05. The molecule has 3 aliphatic rings. The topological polar surface area (TPSA) is 78.5 Å². The largest absolute Gasteiger partial charge is 0.349 e. The van der Waals surface area contributed by atoms with Gasteiger partial charge in [0.1, 0.15) is 5.54 Å². The van der Waals surface area contributed by atoms with Crippen LogP contribution in [-0.4, -0.2) is 34.8 Å². The average molecular weight is 383 g/mol. The third-order valence-electron chi connectivity index (χ3n) is 6.33. The quantitative estimate of drug-likeness (QED) is 0.710. The average Bonchev–Trinajstić information content (AvgIpc) is 3.36. The van der Waals surface area contributed by atoms with Crippen LogP contribution < -0.4 is 10.6 Å². The maximum absolute atomic E-state index is 12.6. The number of nitrogens with one attached hydrogen (secondary N) is 2. The smallest absolute Gasteiger partial charge is 0.325 e. The number of aryl methyl sites for hydroxylation is 1. The van der Waals surface area contributed by atoms with Crippen LogP contribution in [0.15, 0.2) is 24.3 Å². The van der Waals surface area contributed by atoms with Crippen molar-refractivity contribution in [2.24, 2.45) is 5.92 Å². The lowest BCUT2D eigenvalue weighted by Gasteiger charge is -2.21. The summed E-state index contributed by atoms with van der Waals surface area (Å²) in [5.41, 5.74) is 1.69. The molecule has 1 aliphatic heterocycles. The maximum Gasteiger partial charge on any atom is 0.325 e. The van der Waals surface area contributed by atoms with Gasteiger partial charge < -0.3 is 10.6 Å². The lowest BCUT2D eigenvalue weighted by Crippen LogP contribution is -2.44. The SMILES string of the molecule is Cc1ccc(C(NC(=O)CCCN2C(=O)NC3(CCCC3)C2=O)C2CC2)cc1. The van der Waals surface area contributed by atoms with Crippen LogP contribution in [0.2, 0.25) is 0 Å². The molecule has 2 saturated carbocycles. The molecule has 1 aromatic rings. The minimum atomic E-state index is -0.665. The van der Waals surface area contributed by atoms with Crippen LogP contribution >= 0.6 is 0 Å². The Morgan fingerprint density at radius 3 is 2.54 bits per heavy atom. The van der Waals surface area contributed by atoms with Crippen LogP contribution in [0.4, 0.5) is 4.79 Å². The van der Waals surface area contributed by atoms with Crippen LogP contribution in [0.5, 0.6) is 0 Å². The fourth-order valence-corrected chi connectivity index (χ4v) is 4.52. The first-order valence-electron chi connectivity index (χ1n) is 10.5. The number of rotatable bonds is 7. The maximum atomic E-state index is 12.6. The minimum absolute atomic E-state index is 0.0138.